The Morgan fingerprint density at radius 3 is 2.64 bits per heavy atom. The van der Waals surface area contributed by atoms with Crippen LogP contribution in [0.4, 0.5) is 16.2 Å². The van der Waals surface area contributed by atoms with E-state index in [1.165, 1.54) is 6.07 Å². The van der Waals surface area contributed by atoms with E-state index in [9.17, 15) is 14.9 Å². The van der Waals surface area contributed by atoms with Crippen LogP contribution < -0.4 is 16.0 Å². The number of amides is 2. The molecular weight excluding hydrogens is 360 g/mol. The Morgan fingerprint density at radius 2 is 1.79 bits per heavy atom. The molecule has 0 spiro atoms. The zero-order valence-electron chi connectivity index (χ0n) is 15.3. The Labute approximate surface area is 161 Å². The maximum absolute atomic E-state index is 11.8. The molecule has 0 aliphatic carbocycles. The zero-order valence-corrected chi connectivity index (χ0v) is 15.3. The summed E-state index contributed by atoms with van der Waals surface area (Å²) in [5.74, 6) is 0. The van der Waals surface area contributed by atoms with E-state index in [-0.39, 0.29) is 11.7 Å². The first kappa shape index (κ1) is 19.2. The van der Waals surface area contributed by atoms with E-state index in [4.69, 9.17) is 0 Å². The van der Waals surface area contributed by atoms with E-state index in [1.807, 2.05) is 24.3 Å². The first-order valence-corrected chi connectivity index (χ1v) is 9.04. The van der Waals surface area contributed by atoms with Crippen LogP contribution in [0.2, 0.25) is 0 Å². The van der Waals surface area contributed by atoms with Gasteiger partial charge < -0.3 is 20.5 Å². The second-order valence-electron chi connectivity index (χ2n) is 6.16. The van der Waals surface area contributed by atoms with Crippen molar-refractivity contribution in [1.29, 1.82) is 0 Å². The van der Waals surface area contributed by atoms with E-state index in [0.717, 1.165) is 24.0 Å². The lowest BCUT2D eigenvalue weighted by atomic mass is 10.2. The largest absolute Gasteiger partial charge is 0.378 e. The Bertz CT molecular complexity index is 956. The molecule has 0 bridgehead atoms. The van der Waals surface area contributed by atoms with Gasteiger partial charge in [-0.25, -0.2) is 9.78 Å². The first-order chi connectivity index (χ1) is 13.6. The van der Waals surface area contributed by atoms with Gasteiger partial charge in [-0.15, -0.1) is 0 Å². The summed E-state index contributed by atoms with van der Waals surface area (Å²) in [4.78, 5) is 26.7. The number of anilines is 1. The van der Waals surface area contributed by atoms with Crippen molar-refractivity contribution in [2.75, 3.05) is 25.0 Å². The summed E-state index contributed by atoms with van der Waals surface area (Å²) in [6, 6.07) is 14.1. The lowest BCUT2D eigenvalue weighted by molar-refractivity contribution is -0.384. The van der Waals surface area contributed by atoms with Crippen molar-refractivity contribution < 1.29 is 9.72 Å². The standard InChI is InChI=1S/C19H22N6O3/c26-19(22-12-11-20-16-7-2-4-9-18(16)25(27)28)21-10-5-13-24-14-23-15-6-1-3-8-17(15)24/h1-4,6-9,14,20H,5,10-13H2,(H2,21,22,26). The maximum atomic E-state index is 11.8. The number of nitrogens with zero attached hydrogens (tertiary/aromatic N) is 3. The van der Waals surface area contributed by atoms with Crippen molar-refractivity contribution in [2.45, 2.75) is 13.0 Å². The third-order valence-corrected chi connectivity index (χ3v) is 4.22. The van der Waals surface area contributed by atoms with Gasteiger partial charge in [-0.05, 0) is 24.6 Å². The number of imidazole rings is 1. The molecule has 0 fully saturated rings. The molecule has 0 saturated heterocycles. The number of nitrogens with one attached hydrogen (secondary N) is 3. The molecule has 9 heteroatoms. The smallest absolute Gasteiger partial charge is 0.314 e. The van der Waals surface area contributed by atoms with Crippen molar-refractivity contribution in [2.24, 2.45) is 0 Å². The Hall–Kier alpha value is -3.62. The van der Waals surface area contributed by atoms with Gasteiger partial charge in [-0.2, -0.15) is 0 Å². The number of urea groups is 1. The number of hydrogen-bond acceptors (Lipinski definition) is 5. The summed E-state index contributed by atoms with van der Waals surface area (Å²) in [6.07, 6.45) is 2.58. The van der Waals surface area contributed by atoms with E-state index < -0.39 is 4.92 Å². The fraction of sp³-hybridized carbons (Fsp3) is 0.263. The molecule has 0 atom stereocenters. The van der Waals surface area contributed by atoms with Crippen LogP contribution in [0.1, 0.15) is 6.42 Å². The van der Waals surface area contributed by atoms with Gasteiger partial charge in [0.1, 0.15) is 5.69 Å². The quantitative estimate of drug-likeness (QED) is 0.299. The lowest BCUT2D eigenvalue weighted by Gasteiger charge is -2.10. The molecule has 28 heavy (non-hydrogen) atoms. The van der Waals surface area contributed by atoms with Crippen LogP contribution in [0, 0.1) is 10.1 Å². The zero-order chi connectivity index (χ0) is 19.8. The highest BCUT2D eigenvalue weighted by atomic mass is 16.6. The van der Waals surface area contributed by atoms with Crippen LogP contribution in [0.15, 0.2) is 54.9 Å². The molecule has 0 aliphatic rings. The van der Waals surface area contributed by atoms with Crippen LogP contribution >= 0.6 is 0 Å². The van der Waals surface area contributed by atoms with Crippen LogP contribution in [-0.2, 0) is 6.54 Å². The molecule has 1 heterocycles. The number of nitro benzene ring substituents is 1. The molecule has 3 N–H and O–H groups in total. The highest BCUT2D eigenvalue weighted by Gasteiger charge is 2.11. The van der Waals surface area contributed by atoms with Gasteiger partial charge in [-0.3, -0.25) is 10.1 Å². The van der Waals surface area contributed by atoms with Gasteiger partial charge in [0.15, 0.2) is 0 Å². The van der Waals surface area contributed by atoms with Crippen molar-refractivity contribution in [3.8, 4) is 0 Å². The van der Waals surface area contributed by atoms with Crippen LogP contribution in [0.3, 0.4) is 0 Å². The number of aromatic nitrogens is 2. The summed E-state index contributed by atoms with van der Waals surface area (Å²) in [7, 11) is 0. The van der Waals surface area contributed by atoms with Crippen LogP contribution in [0.5, 0.6) is 0 Å². The van der Waals surface area contributed by atoms with Gasteiger partial charge in [0.05, 0.1) is 22.3 Å². The van der Waals surface area contributed by atoms with E-state index >= 15 is 0 Å². The number of carbonyl (C=O) groups is 1. The fourth-order valence-electron chi connectivity index (χ4n) is 2.86. The van der Waals surface area contributed by atoms with E-state index in [1.54, 1.807) is 24.5 Å². The molecule has 9 nitrogen and oxygen atoms in total. The van der Waals surface area contributed by atoms with Crippen molar-refractivity contribution in [1.82, 2.24) is 20.2 Å². The number of benzene rings is 2. The minimum Gasteiger partial charge on any atom is -0.378 e. The summed E-state index contributed by atoms with van der Waals surface area (Å²) in [6.45, 7) is 2.04. The predicted molar refractivity (Wildman–Crippen MR) is 107 cm³/mol. The Balaban J connectivity index is 1.32. The van der Waals surface area contributed by atoms with Gasteiger partial charge in [0.2, 0.25) is 0 Å². The minimum absolute atomic E-state index is 0.0129. The molecular formula is C19H22N6O3. The maximum Gasteiger partial charge on any atom is 0.314 e. The molecule has 0 aliphatic heterocycles. The van der Waals surface area contributed by atoms with Gasteiger partial charge >= 0.3 is 6.03 Å². The normalized spacial score (nSPS) is 10.6. The number of carbonyl (C=O) groups excluding carboxylic acids is 1. The topological polar surface area (TPSA) is 114 Å². The lowest BCUT2D eigenvalue weighted by Crippen LogP contribution is -2.38. The molecule has 1 aromatic heterocycles. The number of hydrogen-bond donors (Lipinski definition) is 3. The average molecular weight is 382 g/mol. The van der Waals surface area contributed by atoms with E-state index in [2.05, 4.69) is 25.5 Å². The number of rotatable bonds is 9. The third kappa shape index (κ3) is 4.97. The molecule has 2 aromatic carbocycles. The third-order valence-electron chi connectivity index (χ3n) is 4.22. The molecule has 3 aromatic rings. The molecule has 0 saturated carbocycles. The monoisotopic (exact) mass is 382 g/mol. The second-order valence-corrected chi connectivity index (χ2v) is 6.16. The van der Waals surface area contributed by atoms with E-state index in [0.29, 0.717) is 25.3 Å². The second kappa shape index (κ2) is 9.36. The van der Waals surface area contributed by atoms with Crippen LogP contribution in [0.25, 0.3) is 11.0 Å². The highest BCUT2D eigenvalue weighted by Crippen LogP contribution is 2.22. The first-order valence-electron chi connectivity index (χ1n) is 9.04. The van der Waals surface area contributed by atoms with Gasteiger partial charge in [0, 0.05) is 32.2 Å². The summed E-state index contributed by atoms with van der Waals surface area (Å²) < 4.78 is 2.06. The van der Waals surface area contributed by atoms with Gasteiger partial charge in [-0.1, -0.05) is 24.3 Å². The Morgan fingerprint density at radius 1 is 1.04 bits per heavy atom. The molecule has 3 rings (SSSR count). The molecule has 0 radical (unpaired) electrons. The van der Waals surface area contributed by atoms with Crippen LogP contribution in [-0.4, -0.2) is 40.1 Å². The average Bonchev–Trinajstić information content (AvgIpc) is 3.12. The number of aryl methyl sites for hydroxylation is 1. The van der Waals surface area contributed by atoms with Gasteiger partial charge in [0.25, 0.3) is 5.69 Å². The minimum atomic E-state index is -0.439. The molecule has 2 amide bonds. The van der Waals surface area contributed by atoms with Crippen molar-refractivity contribution >= 4 is 28.4 Å². The summed E-state index contributed by atoms with van der Waals surface area (Å²) >= 11 is 0. The number of para-hydroxylation sites is 4. The Kier molecular flexibility index (Phi) is 6.40. The predicted octanol–water partition coefficient (Wildman–Crippen LogP) is 2.75. The number of fused-ring (bicyclic) bond motifs is 1. The summed E-state index contributed by atoms with van der Waals surface area (Å²) in [5.41, 5.74) is 2.48. The molecule has 146 valence electrons. The number of nitro groups is 1. The highest BCUT2D eigenvalue weighted by molar-refractivity contribution is 5.75. The van der Waals surface area contributed by atoms with Crippen molar-refractivity contribution in [3.05, 3.63) is 65.0 Å². The van der Waals surface area contributed by atoms with Crippen molar-refractivity contribution in [3.63, 3.8) is 0 Å². The molecule has 0 unspecified atom stereocenters. The summed E-state index contributed by atoms with van der Waals surface area (Å²) in [5, 5.41) is 19.4. The fourth-order valence-corrected chi connectivity index (χ4v) is 2.86. The SMILES string of the molecule is O=C(NCCCn1cnc2ccccc21)NCCNc1ccccc1[N+](=O)[O-].